The second kappa shape index (κ2) is 6.36. The van der Waals surface area contributed by atoms with E-state index in [1.165, 1.54) is 16.8 Å². The fourth-order valence-corrected chi connectivity index (χ4v) is 2.04. The van der Waals surface area contributed by atoms with Crippen molar-refractivity contribution in [3.8, 4) is 0 Å². The van der Waals surface area contributed by atoms with E-state index in [4.69, 9.17) is 0 Å². The van der Waals surface area contributed by atoms with E-state index in [1.807, 2.05) is 12.5 Å². The lowest BCUT2D eigenvalue weighted by Crippen LogP contribution is -2.17. The van der Waals surface area contributed by atoms with Crippen molar-refractivity contribution >= 4 is 0 Å². The van der Waals surface area contributed by atoms with Gasteiger partial charge in [-0.15, -0.1) is 0 Å². The van der Waals surface area contributed by atoms with Crippen molar-refractivity contribution in [3.63, 3.8) is 0 Å². The first kappa shape index (κ1) is 12.8. The number of imidazole rings is 1. The van der Waals surface area contributed by atoms with Crippen LogP contribution in [0.4, 0.5) is 0 Å². The van der Waals surface area contributed by atoms with E-state index in [-0.39, 0.29) is 0 Å². The molecule has 0 aliphatic heterocycles. The summed E-state index contributed by atoms with van der Waals surface area (Å²) in [5.74, 6) is 0. The molecule has 0 amide bonds. The molecule has 1 aromatic heterocycles. The van der Waals surface area contributed by atoms with Crippen LogP contribution in [0.1, 0.15) is 30.2 Å². The van der Waals surface area contributed by atoms with E-state index in [9.17, 15) is 0 Å². The molecule has 0 bridgehead atoms. The van der Waals surface area contributed by atoms with Crippen LogP contribution in [0.15, 0.2) is 36.8 Å². The van der Waals surface area contributed by atoms with Gasteiger partial charge in [0, 0.05) is 19.3 Å². The molecule has 0 fully saturated rings. The highest BCUT2D eigenvalue weighted by Crippen LogP contribution is 2.08. The summed E-state index contributed by atoms with van der Waals surface area (Å²) in [4.78, 5) is 4.24. The normalized spacial score (nSPS) is 10.8. The smallest absolute Gasteiger partial charge is 0.0951 e. The van der Waals surface area contributed by atoms with Crippen molar-refractivity contribution in [1.82, 2.24) is 14.9 Å². The zero-order valence-corrected chi connectivity index (χ0v) is 11.2. The molecular weight excluding hydrogens is 222 g/mol. The Balaban J connectivity index is 2.03. The zero-order chi connectivity index (χ0) is 12.8. The lowest BCUT2D eigenvalue weighted by atomic mass is 10.1. The predicted octanol–water partition coefficient (Wildman–Crippen LogP) is 2.74. The summed E-state index contributed by atoms with van der Waals surface area (Å²) in [5, 5.41) is 3.41. The van der Waals surface area contributed by atoms with Crippen LogP contribution >= 0.6 is 0 Å². The third-order valence-corrected chi connectivity index (χ3v) is 2.97. The molecule has 2 rings (SSSR count). The number of nitrogens with one attached hydrogen (secondary N) is 1. The van der Waals surface area contributed by atoms with Crippen molar-refractivity contribution in [3.05, 3.63) is 53.6 Å². The van der Waals surface area contributed by atoms with E-state index in [2.05, 4.69) is 53.0 Å². The topological polar surface area (TPSA) is 29.9 Å². The maximum Gasteiger partial charge on any atom is 0.0951 e. The molecule has 0 spiro atoms. The van der Waals surface area contributed by atoms with E-state index >= 15 is 0 Å². The number of benzene rings is 1. The van der Waals surface area contributed by atoms with Crippen molar-refractivity contribution < 1.29 is 0 Å². The summed E-state index contributed by atoms with van der Waals surface area (Å²) in [6.07, 6.45) is 5.01. The molecule has 2 aromatic rings. The van der Waals surface area contributed by atoms with Crippen LogP contribution in [0.25, 0.3) is 0 Å². The lowest BCUT2D eigenvalue weighted by Gasteiger charge is -2.09. The van der Waals surface area contributed by atoms with Crippen LogP contribution in [0.3, 0.4) is 0 Å². The molecule has 3 heteroatoms. The Morgan fingerprint density at radius 1 is 1.33 bits per heavy atom. The largest absolute Gasteiger partial charge is 0.329 e. The minimum atomic E-state index is 0.889. The molecule has 3 nitrogen and oxygen atoms in total. The number of aryl methyl sites for hydroxylation is 1. The fourth-order valence-electron chi connectivity index (χ4n) is 2.04. The molecule has 0 aliphatic carbocycles. The Bertz CT molecular complexity index is 488. The summed E-state index contributed by atoms with van der Waals surface area (Å²) in [6, 6.07) is 8.62. The van der Waals surface area contributed by atoms with E-state index in [1.54, 1.807) is 0 Å². The summed E-state index contributed by atoms with van der Waals surface area (Å²) >= 11 is 0. The highest BCUT2D eigenvalue weighted by atomic mass is 15.1. The quantitative estimate of drug-likeness (QED) is 0.791. The molecule has 18 heavy (non-hydrogen) atoms. The minimum absolute atomic E-state index is 0.889. The molecular formula is C15H21N3. The van der Waals surface area contributed by atoms with Gasteiger partial charge in [-0.2, -0.15) is 0 Å². The van der Waals surface area contributed by atoms with Gasteiger partial charge in [0.1, 0.15) is 0 Å². The minimum Gasteiger partial charge on any atom is -0.329 e. The van der Waals surface area contributed by atoms with E-state index < -0.39 is 0 Å². The van der Waals surface area contributed by atoms with Gasteiger partial charge in [-0.1, -0.05) is 36.8 Å². The molecule has 1 N–H and O–H groups in total. The van der Waals surface area contributed by atoms with Crippen molar-refractivity contribution in [2.45, 2.75) is 33.4 Å². The highest BCUT2D eigenvalue weighted by molar-refractivity contribution is 5.22. The molecule has 0 saturated carbocycles. The number of hydrogen-bond donors (Lipinski definition) is 1. The van der Waals surface area contributed by atoms with Gasteiger partial charge in [0.05, 0.1) is 12.0 Å². The standard InChI is InChI=1S/C15H21N3/c1-3-7-16-9-15-10-17-12-18(15)11-14-6-4-5-13(2)8-14/h4-6,8,10,12,16H,3,7,9,11H2,1-2H3. The Morgan fingerprint density at radius 2 is 2.22 bits per heavy atom. The van der Waals surface area contributed by atoms with Gasteiger partial charge in [-0.05, 0) is 25.5 Å². The third kappa shape index (κ3) is 3.44. The molecule has 0 radical (unpaired) electrons. The second-order valence-electron chi connectivity index (χ2n) is 4.68. The first-order valence-corrected chi connectivity index (χ1v) is 6.55. The Hall–Kier alpha value is -1.61. The molecule has 0 atom stereocenters. The Kier molecular flexibility index (Phi) is 4.53. The first-order chi connectivity index (χ1) is 8.79. The number of hydrogen-bond acceptors (Lipinski definition) is 2. The van der Waals surface area contributed by atoms with E-state index in [0.717, 1.165) is 26.1 Å². The second-order valence-corrected chi connectivity index (χ2v) is 4.68. The van der Waals surface area contributed by atoms with Crippen LogP contribution in [-0.2, 0) is 13.1 Å². The molecule has 1 heterocycles. The summed E-state index contributed by atoms with van der Waals surface area (Å²) in [7, 11) is 0. The van der Waals surface area contributed by atoms with Crippen LogP contribution in [0.5, 0.6) is 0 Å². The number of nitrogens with zero attached hydrogens (tertiary/aromatic N) is 2. The maximum atomic E-state index is 4.24. The van der Waals surface area contributed by atoms with Gasteiger partial charge in [0.2, 0.25) is 0 Å². The number of rotatable bonds is 6. The van der Waals surface area contributed by atoms with Crippen LogP contribution in [0, 0.1) is 6.92 Å². The van der Waals surface area contributed by atoms with Crippen molar-refractivity contribution in [2.75, 3.05) is 6.54 Å². The van der Waals surface area contributed by atoms with Gasteiger partial charge >= 0.3 is 0 Å². The first-order valence-electron chi connectivity index (χ1n) is 6.55. The van der Waals surface area contributed by atoms with Gasteiger partial charge in [-0.3, -0.25) is 0 Å². The van der Waals surface area contributed by atoms with Crippen molar-refractivity contribution in [2.24, 2.45) is 0 Å². The van der Waals surface area contributed by atoms with Crippen LogP contribution < -0.4 is 5.32 Å². The Labute approximate surface area is 109 Å². The predicted molar refractivity (Wildman–Crippen MR) is 74.5 cm³/mol. The van der Waals surface area contributed by atoms with Crippen LogP contribution in [-0.4, -0.2) is 16.1 Å². The average Bonchev–Trinajstić information content (AvgIpc) is 2.77. The summed E-state index contributed by atoms with van der Waals surface area (Å²) < 4.78 is 2.21. The molecule has 0 saturated heterocycles. The third-order valence-electron chi connectivity index (χ3n) is 2.97. The van der Waals surface area contributed by atoms with E-state index in [0.29, 0.717) is 0 Å². The van der Waals surface area contributed by atoms with Crippen LogP contribution in [0.2, 0.25) is 0 Å². The molecule has 1 aromatic carbocycles. The van der Waals surface area contributed by atoms with Gasteiger partial charge in [0.15, 0.2) is 0 Å². The Morgan fingerprint density at radius 3 is 3.00 bits per heavy atom. The lowest BCUT2D eigenvalue weighted by molar-refractivity contribution is 0.630. The summed E-state index contributed by atoms with van der Waals surface area (Å²) in [5.41, 5.74) is 3.87. The highest BCUT2D eigenvalue weighted by Gasteiger charge is 2.02. The molecule has 96 valence electrons. The SMILES string of the molecule is CCCNCc1cncn1Cc1cccc(C)c1. The zero-order valence-electron chi connectivity index (χ0n) is 11.2. The van der Waals surface area contributed by atoms with Gasteiger partial charge < -0.3 is 9.88 Å². The molecule has 0 aliphatic rings. The monoisotopic (exact) mass is 243 g/mol. The van der Waals surface area contributed by atoms with Gasteiger partial charge in [0.25, 0.3) is 0 Å². The fraction of sp³-hybridized carbons (Fsp3) is 0.400. The van der Waals surface area contributed by atoms with Gasteiger partial charge in [-0.25, -0.2) is 4.98 Å². The maximum absolute atomic E-state index is 4.24. The molecule has 0 unspecified atom stereocenters. The summed E-state index contributed by atoms with van der Waals surface area (Å²) in [6.45, 7) is 7.14. The van der Waals surface area contributed by atoms with Crippen molar-refractivity contribution in [1.29, 1.82) is 0 Å². The average molecular weight is 243 g/mol. The number of aromatic nitrogens is 2.